The minimum Gasteiger partial charge on any atom is -0.494 e. The Kier molecular flexibility index (Phi) is 4.36. The van der Waals surface area contributed by atoms with Gasteiger partial charge in [0.05, 0.1) is 6.61 Å². The van der Waals surface area contributed by atoms with Gasteiger partial charge in [0.1, 0.15) is 5.75 Å². The highest BCUT2D eigenvalue weighted by atomic mass is 16.5. The number of likely N-dealkylation sites (N-methyl/N-ethyl adjacent to an activating group) is 1. The zero-order valence-corrected chi connectivity index (χ0v) is 11.0. The first kappa shape index (κ1) is 13.0. The molecule has 1 atom stereocenters. The maximum Gasteiger partial charge on any atom is 0.119 e. The van der Waals surface area contributed by atoms with Crippen LogP contribution in [0.15, 0.2) is 24.3 Å². The Bertz CT molecular complexity index is 316. The van der Waals surface area contributed by atoms with Gasteiger partial charge in [-0.2, -0.15) is 0 Å². The second kappa shape index (κ2) is 5.35. The number of rotatable bonds is 5. The highest BCUT2D eigenvalue weighted by molar-refractivity contribution is 5.30. The molecular formula is C14H23NO. The maximum atomic E-state index is 5.44. The van der Waals surface area contributed by atoms with E-state index in [1.807, 2.05) is 26.1 Å². The van der Waals surface area contributed by atoms with Gasteiger partial charge in [-0.1, -0.05) is 19.1 Å². The first-order valence-corrected chi connectivity index (χ1v) is 5.93. The molecule has 1 N–H and O–H groups in total. The summed E-state index contributed by atoms with van der Waals surface area (Å²) in [5.74, 6) is 1.41. The molecule has 1 aromatic carbocycles. The van der Waals surface area contributed by atoms with E-state index >= 15 is 0 Å². The first-order chi connectivity index (χ1) is 7.51. The number of ether oxygens (including phenoxy) is 1. The van der Waals surface area contributed by atoms with Crippen molar-refractivity contribution in [1.29, 1.82) is 0 Å². The van der Waals surface area contributed by atoms with Crippen LogP contribution in [-0.4, -0.2) is 19.2 Å². The summed E-state index contributed by atoms with van der Waals surface area (Å²) >= 11 is 0. The molecule has 16 heavy (non-hydrogen) atoms. The fourth-order valence-corrected chi connectivity index (χ4v) is 1.65. The SMILES string of the molecule is CCOc1ccc(C(C)C(C)(C)NC)cc1. The summed E-state index contributed by atoms with van der Waals surface area (Å²) in [5.41, 5.74) is 1.44. The number of hydrogen-bond acceptors (Lipinski definition) is 2. The van der Waals surface area contributed by atoms with E-state index in [2.05, 4.69) is 38.2 Å². The van der Waals surface area contributed by atoms with Gasteiger partial charge in [0.15, 0.2) is 0 Å². The van der Waals surface area contributed by atoms with E-state index in [0.29, 0.717) is 5.92 Å². The highest BCUT2D eigenvalue weighted by Gasteiger charge is 2.24. The zero-order valence-electron chi connectivity index (χ0n) is 11.0. The van der Waals surface area contributed by atoms with E-state index < -0.39 is 0 Å². The monoisotopic (exact) mass is 221 g/mol. The molecule has 0 heterocycles. The van der Waals surface area contributed by atoms with Gasteiger partial charge in [-0.3, -0.25) is 0 Å². The number of hydrogen-bond donors (Lipinski definition) is 1. The first-order valence-electron chi connectivity index (χ1n) is 5.93. The third-order valence-electron chi connectivity index (χ3n) is 3.42. The fourth-order valence-electron chi connectivity index (χ4n) is 1.65. The van der Waals surface area contributed by atoms with Crippen molar-refractivity contribution in [3.8, 4) is 5.75 Å². The summed E-state index contributed by atoms with van der Waals surface area (Å²) in [4.78, 5) is 0. The summed E-state index contributed by atoms with van der Waals surface area (Å²) < 4.78 is 5.44. The molecule has 0 aliphatic heterocycles. The van der Waals surface area contributed by atoms with Crippen molar-refractivity contribution >= 4 is 0 Å². The van der Waals surface area contributed by atoms with Crippen LogP contribution in [0.5, 0.6) is 5.75 Å². The Labute approximate surface area is 99.0 Å². The van der Waals surface area contributed by atoms with Gasteiger partial charge in [-0.15, -0.1) is 0 Å². The average Bonchev–Trinajstić information content (AvgIpc) is 2.29. The third-order valence-corrected chi connectivity index (χ3v) is 3.42. The van der Waals surface area contributed by atoms with Crippen molar-refractivity contribution in [3.05, 3.63) is 29.8 Å². The predicted octanol–water partition coefficient (Wildman–Crippen LogP) is 3.19. The van der Waals surface area contributed by atoms with E-state index in [4.69, 9.17) is 4.74 Å². The fraction of sp³-hybridized carbons (Fsp3) is 0.571. The molecule has 2 heteroatoms. The standard InChI is InChI=1S/C14H23NO/c1-6-16-13-9-7-12(8-10-13)11(2)14(3,4)15-5/h7-11,15H,6H2,1-5H3. The lowest BCUT2D eigenvalue weighted by Gasteiger charge is -2.32. The van der Waals surface area contributed by atoms with Gasteiger partial charge in [-0.05, 0) is 51.4 Å². The summed E-state index contributed by atoms with van der Waals surface area (Å²) in [6.07, 6.45) is 0. The van der Waals surface area contributed by atoms with Crippen LogP contribution < -0.4 is 10.1 Å². The van der Waals surface area contributed by atoms with Crippen LogP contribution in [0.3, 0.4) is 0 Å². The molecule has 2 nitrogen and oxygen atoms in total. The lowest BCUT2D eigenvalue weighted by atomic mass is 9.83. The van der Waals surface area contributed by atoms with Gasteiger partial charge in [0.25, 0.3) is 0 Å². The van der Waals surface area contributed by atoms with Gasteiger partial charge in [0.2, 0.25) is 0 Å². The van der Waals surface area contributed by atoms with E-state index in [1.54, 1.807) is 0 Å². The van der Waals surface area contributed by atoms with Gasteiger partial charge < -0.3 is 10.1 Å². The Balaban J connectivity index is 2.81. The van der Waals surface area contributed by atoms with Crippen LogP contribution in [-0.2, 0) is 0 Å². The Morgan fingerprint density at radius 1 is 1.25 bits per heavy atom. The van der Waals surface area contributed by atoms with Crippen molar-refractivity contribution in [3.63, 3.8) is 0 Å². The van der Waals surface area contributed by atoms with Gasteiger partial charge in [-0.25, -0.2) is 0 Å². The van der Waals surface area contributed by atoms with Crippen LogP contribution in [0.2, 0.25) is 0 Å². The molecule has 1 unspecified atom stereocenters. The summed E-state index contributed by atoms with van der Waals surface area (Å²) in [6.45, 7) is 9.39. The second-order valence-electron chi connectivity index (χ2n) is 4.70. The molecule has 0 spiro atoms. The molecular weight excluding hydrogens is 198 g/mol. The van der Waals surface area contributed by atoms with Crippen LogP contribution in [0.1, 0.15) is 39.2 Å². The molecule has 0 saturated carbocycles. The Hall–Kier alpha value is -1.02. The minimum absolute atomic E-state index is 0.104. The van der Waals surface area contributed by atoms with Crippen molar-refractivity contribution in [2.24, 2.45) is 0 Å². The molecule has 0 amide bonds. The lowest BCUT2D eigenvalue weighted by Crippen LogP contribution is -2.41. The molecule has 0 radical (unpaired) electrons. The lowest BCUT2D eigenvalue weighted by molar-refractivity contribution is 0.338. The predicted molar refractivity (Wildman–Crippen MR) is 69.2 cm³/mol. The molecule has 0 aromatic heterocycles. The normalized spacial score (nSPS) is 13.6. The van der Waals surface area contributed by atoms with Crippen LogP contribution in [0, 0.1) is 0 Å². The number of benzene rings is 1. The quantitative estimate of drug-likeness (QED) is 0.824. The van der Waals surface area contributed by atoms with Crippen LogP contribution in [0.4, 0.5) is 0 Å². The van der Waals surface area contributed by atoms with Crippen LogP contribution >= 0.6 is 0 Å². The van der Waals surface area contributed by atoms with Gasteiger partial charge >= 0.3 is 0 Å². The maximum absolute atomic E-state index is 5.44. The molecule has 0 bridgehead atoms. The highest BCUT2D eigenvalue weighted by Crippen LogP contribution is 2.28. The summed E-state index contributed by atoms with van der Waals surface area (Å²) in [5, 5.41) is 3.35. The minimum atomic E-state index is 0.104. The van der Waals surface area contributed by atoms with Gasteiger partial charge in [0, 0.05) is 5.54 Å². The zero-order chi connectivity index (χ0) is 12.2. The summed E-state index contributed by atoms with van der Waals surface area (Å²) in [6, 6.07) is 8.38. The van der Waals surface area contributed by atoms with Crippen molar-refractivity contribution in [2.45, 2.75) is 39.2 Å². The van der Waals surface area contributed by atoms with E-state index in [0.717, 1.165) is 12.4 Å². The molecule has 1 aromatic rings. The summed E-state index contributed by atoms with van der Waals surface area (Å²) in [7, 11) is 2.01. The van der Waals surface area contributed by atoms with Crippen molar-refractivity contribution in [1.82, 2.24) is 5.32 Å². The largest absolute Gasteiger partial charge is 0.494 e. The third kappa shape index (κ3) is 2.99. The topological polar surface area (TPSA) is 21.3 Å². The Morgan fingerprint density at radius 3 is 2.25 bits per heavy atom. The molecule has 0 saturated heterocycles. The van der Waals surface area contributed by atoms with Crippen molar-refractivity contribution < 1.29 is 4.74 Å². The van der Waals surface area contributed by atoms with E-state index in [9.17, 15) is 0 Å². The Morgan fingerprint density at radius 2 is 1.81 bits per heavy atom. The second-order valence-corrected chi connectivity index (χ2v) is 4.70. The van der Waals surface area contributed by atoms with Crippen LogP contribution in [0.25, 0.3) is 0 Å². The smallest absolute Gasteiger partial charge is 0.119 e. The molecule has 0 aliphatic carbocycles. The molecule has 1 rings (SSSR count). The molecule has 0 fully saturated rings. The van der Waals surface area contributed by atoms with Crippen molar-refractivity contribution in [2.75, 3.05) is 13.7 Å². The molecule has 0 aliphatic rings. The number of nitrogens with one attached hydrogen (secondary N) is 1. The molecule has 90 valence electrons. The van der Waals surface area contributed by atoms with E-state index in [-0.39, 0.29) is 5.54 Å². The average molecular weight is 221 g/mol. The van der Waals surface area contributed by atoms with E-state index in [1.165, 1.54) is 5.56 Å².